The van der Waals surface area contributed by atoms with Gasteiger partial charge >= 0.3 is 5.97 Å². The van der Waals surface area contributed by atoms with E-state index in [1.54, 1.807) is 19.1 Å². The summed E-state index contributed by atoms with van der Waals surface area (Å²) < 4.78 is 5.19. The third-order valence-corrected chi connectivity index (χ3v) is 3.59. The monoisotopic (exact) mass is 299 g/mol. The second-order valence-electron chi connectivity index (χ2n) is 5.32. The molecule has 2 rings (SSSR count). The Balaban J connectivity index is 2.29. The fourth-order valence-corrected chi connectivity index (χ4v) is 2.09. The molecule has 0 amide bonds. The van der Waals surface area contributed by atoms with Crippen LogP contribution in [0.1, 0.15) is 28.4 Å². The van der Waals surface area contributed by atoms with Crippen LogP contribution >= 0.6 is 0 Å². The summed E-state index contributed by atoms with van der Waals surface area (Å²) in [6.07, 6.45) is -0.527. The maximum atomic E-state index is 12.2. The highest BCUT2D eigenvalue weighted by molar-refractivity contribution is 5.96. The summed E-state index contributed by atoms with van der Waals surface area (Å²) in [5.74, 6) is -0.449. The summed E-state index contributed by atoms with van der Waals surface area (Å²) in [5.41, 5.74) is 4.40. The van der Waals surface area contributed by atoms with Gasteiger partial charge in [0.15, 0.2) is 0 Å². The van der Waals surface area contributed by atoms with Crippen molar-refractivity contribution >= 4 is 17.3 Å². The van der Waals surface area contributed by atoms with Crippen LogP contribution in [0.4, 0.5) is 11.4 Å². The fourth-order valence-electron chi connectivity index (χ4n) is 2.09. The second kappa shape index (κ2) is 7.09. The second-order valence-corrected chi connectivity index (χ2v) is 5.32. The van der Waals surface area contributed by atoms with Gasteiger partial charge < -0.3 is 15.2 Å². The maximum absolute atomic E-state index is 12.2. The van der Waals surface area contributed by atoms with Crippen molar-refractivity contribution in [3.63, 3.8) is 0 Å². The summed E-state index contributed by atoms with van der Waals surface area (Å²) in [5, 5.41) is 12.3. The molecular weight excluding hydrogens is 278 g/mol. The van der Waals surface area contributed by atoms with Crippen molar-refractivity contribution in [3.05, 3.63) is 59.2 Å². The Hall–Kier alpha value is -2.33. The molecule has 1 atom stereocenters. The van der Waals surface area contributed by atoms with Crippen molar-refractivity contribution < 1.29 is 14.6 Å². The Kier molecular flexibility index (Phi) is 5.17. The van der Waals surface area contributed by atoms with E-state index in [1.807, 2.05) is 44.2 Å². The highest BCUT2D eigenvalue weighted by atomic mass is 16.5. The number of hydrogen-bond acceptors (Lipinski definition) is 4. The van der Waals surface area contributed by atoms with Crippen molar-refractivity contribution in [3.8, 4) is 0 Å². The van der Waals surface area contributed by atoms with Gasteiger partial charge in [-0.2, -0.15) is 0 Å². The summed E-state index contributed by atoms with van der Waals surface area (Å²) in [4.78, 5) is 12.2. The average Bonchev–Trinajstić information content (AvgIpc) is 2.52. The smallest absolute Gasteiger partial charge is 0.340 e. The Morgan fingerprint density at radius 1 is 1.14 bits per heavy atom. The highest BCUT2D eigenvalue weighted by Gasteiger charge is 2.15. The lowest BCUT2D eigenvalue weighted by molar-refractivity contribution is 0.0198. The molecule has 0 aromatic heterocycles. The first-order valence-corrected chi connectivity index (χ1v) is 7.27. The van der Waals surface area contributed by atoms with Crippen molar-refractivity contribution in [2.24, 2.45) is 0 Å². The number of carbonyl (C=O) groups excluding carboxylic acids is 1. The summed E-state index contributed by atoms with van der Waals surface area (Å²) in [6, 6.07) is 13.2. The zero-order valence-electron chi connectivity index (χ0n) is 13.1. The van der Waals surface area contributed by atoms with Crippen LogP contribution < -0.4 is 5.32 Å². The first-order valence-electron chi connectivity index (χ1n) is 7.27. The molecule has 2 aromatic carbocycles. The van der Waals surface area contributed by atoms with E-state index >= 15 is 0 Å². The number of anilines is 2. The minimum Gasteiger partial charge on any atom is -0.457 e. The number of para-hydroxylation sites is 1. The van der Waals surface area contributed by atoms with Crippen LogP contribution in [0.5, 0.6) is 0 Å². The van der Waals surface area contributed by atoms with Gasteiger partial charge in [0, 0.05) is 5.69 Å². The number of esters is 1. The van der Waals surface area contributed by atoms with Crippen LogP contribution in [0.2, 0.25) is 0 Å². The number of ether oxygens (including phenoxy) is 1. The maximum Gasteiger partial charge on any atom is 0.340 e. The molecule has 0 fully saturated rings. The third kappa shape index (κ3) is 3.65. The van der Waals surface area contributed by atoms with Crippen LogP contribution in [0, 0.1) is 13.8 Å². The predicted octanol–water partition coefficient (Wildman–Crippen LogP) is 3.58. The lowest BCUT2D eigenvalue weighted by atomic mass is 10.1. The quantitative estimate of drug-likeness (QED) is 0.828. The molecule has 0 saturated carbocycles. The molecule has 0 aliphatic carbocycles. The van der Waals surface area contributed by atoms with Crippen LogP contribution in [-0.2, 0) is 4.74 Å². The third-order valence-electron chi connectivity index (χ3n) is 3.59. The number of carbonyl (C=O) groups is 1. The highest BCUT2D eigenvalue weighted by Crippen LogP contribution is 2.25. The van der Waals surface area contributed by atoms with E-state index in [1.165, 1.54) is 5.56 Å². The van der Waals surface area contributed by atoms with E-state index in [-0.39, 0.29) is 6.61 Å². The number of nitrogens with one attached hydrogen (secondary N) is 1. The van der Waals surface area contributed by atoms with Crippen LogP contribution in [-0.4, -0.2) is 23.8 Å². The van der Waals surface area contributed by atoms with Gasteiger partial charge in [-0.15, -0.1) is 0 Å². The topological polar surface area (TPSA) is 58.6 Å². The molecule has 116 valence electrons. The molecule has 0 saturated heterocycles. The van der Waals surface area contributed by atoms with Gasteiger partial charge in [0.05, 0.1) is 17.9 Å². The molecule has 22 heavy (non-hydrogen) atoms. The standard InChI is InChI=1S/C18H21NO3/c1-12-7-6-10-16(14(12)3)19-17-9-5-4-8-15(17)18(21)22-13(2)11-20/h4-10,13,19-20H,11H2,1-3H3. The van der Waals surface area contributed by atoms with Crippen LogP contribution in [0.25, 0.3) is 0 Å². The molecule has 0 radical (unpaired) electrons. The van der Waals surface area contributed by atoms with Crippen molar-refractivity contribution in [2.75, 3.05) is 11.9 Å². The van der Waals surface area contributed by atoms with Crippen LogP contribution in [0.3, 0.4) is 0 Å². The number of aryl methyl sites for hydroxylation is 1. The first kappa shape index (κ1) is 16.0. The largest absolute Gasteiger partial charge is 0.457 e. The molecule has 0 bridgehead atoms. The Bertz CT molecular complexity index is 667. The minimum absolute atomic E-state index is 0.196. The lowest BCUT2D eigenvalue weighted by Gasteiger charge is -2.16. The fraction of sp³-hybridized carbons (Fsp3) is 0.278. The number of aliphatic hydroxyl groups is 1. The molecular formula is C18H21NO3. The molecule has 0 aliphatic rings. The molecule has 2 aromatic rings. The molecule has 4 nitrogen and oxygen atoms in total. The summed E-state index contributed by atoms with van der Waals surface area (Å²) in [7, 11) is 0. The van der Waals surface area contributed by atoms with Gasteiger partial charge in [0.1, 0.15) is 6.10 Å². The van der Waals surface area contributed by atoms with Crippen molar-refractivity contribution in [2.45, 2.75) is 26.9 Å². The Morgan fingerprint density at radius 2 is 1.82 bits per heavy atom. The molecule has 0 spiro atoms. The van der Waals surface area contributed by atoms with Crippen LogP contribution in [0.15, 0.2) is 42.5 Å². The minimum atomic E-state index is -0.527. The number of rotatable bonds is 5. The Labute approximate surface area is 130 Å². The van der Waals surface area contributed by atoms with Gasteiger partial charge in [-0.1, -0.05) is 24.3 Å². The van der Waals surface area contributed by atoms with E-state index in [4.69, 9.17) is 9.84 Å². The van der Waals surface area contributed by atoms with E-state index in [0.29, 0.717) is 11.3 Å². The van der Waals surface area contributed by atoms with Crippen molar-refractivity contribution in [1.29, 1.82) is 0 Å². The molecule has 1 unspecified atom stereocenters. The van der Waals surface area contributed by atoms with Gasteiger partial charge in [0.25, 0.3) is 0 Å². The van der Waals surface area contributed by atoms with Gasteiger partial charge in [0.2, 0.25) is 0 Å². The van der Waals surface area contributed by atoms with E-state index < -0.39 is 12.1 Å². The summed E-state index contributed by atoms with van der Waals surface area (Å²) >= 11 is 0. The molecule has 2 N–H and O–H groups in total. The average molecular weight is 299 g/mol. The number of aliphatic hydroxyl groups excluding tert-OH is 1. The molecule has 4 heteroatoms. The first-order chi connectivity index (χ1) is 10.5. The van der Waals surface area contributed by atoms with Gasteiger partial charge in [-0.05, 0) is 50.1 Å². The Morgan fingerprint density at radius 3 is 2.55 bits per heavy atom. The zero-order valence-corrected chi connectivity index (χ0v) is 13.1. The van der Waals surface area contributed by atoms with E-state index in [2.05, 4.69) is 5.32 Å². The van der Waals surface area contributed by atoms with Gasteiger partial charge in [-0.25, -0.2) is 4.79 Å². The normalized spacial score (nSPS) is 11.8. The van der Waals surface area contributed by atoms with Gasteiger partial charge in [-0.3, -0.25) is 0 Å². The SMILES string of the molecule is Cc1cccc(Nc2ccccc2C(=O)OC(C)CO)c1C. The zero-order chi connectivity index (χ0) is 16.1. The molecule has 0 aliphatic heterocycles. The number of hydrogen-bond donors (Lipinski definition) is 2. The lowest BCUT2D eigenvalue weighted by Crippen LogP contribution is -2.19. The predicted molar refractivity (Wildman–Crippen MR) is 87.6 cm³/mol. The van der Waals surface area contributed by atoms with Crippen molar-refractivity contribution in [1.82, 2.24) is 0 Å². The summed E-state index contributed by atoms with van der Waals surface area (Å²) in [6.45, 7) is 5.53. The number of benzene rings is 2. The molecule has 0 heterocycles. The van der Waals surface area contributed by atoms with E-state index in [9.17, 15) is 4.79 Å². The van der Waals surface area contributed by atoms with E-state index in [0.717, 1.165) is 11.3 Å².